The normalized spacial score (nSPS) is 13.2. The van der Waals surface area contributed by atoms with Crippen LogP contribution in [0.5, 0.6) is 0 Å². The molecule has 0 spiro atoms. The van der Waals surface area contributed by atoms with E-state index >= 15 is 0 Å². The molecule has 21 heavy (non-hydrogen) atoms. The number of alkyl halides is 3. The van der Waals surface area contributed by atoms with E-state index in [-0.39, 0.29) is 0 Å². The second-order valence-electron chi connectivity index (χ2n) is 4.58. The Labute approximate surface area is 124 Å². The van der Waals surface area contributed by atoms with E-state index in [9.17, 15) is 18.3 Å². The summed E-state index contributed by atoms with van der Waals surface area (Å²) in [6, 6.07) is 4.85. The number of nitrogens with zero attached hydrogens (tertiary/aromatic N) is 1. The molecule has 0 aliphatic heterocycles. The number of hydrogen-bond acceptors (Lipinski definition) is 3. The first-order valence-electron chi connectivity index (χ1n) is 6.27. The van der Waals surface area contributed by atoms with E-state index in [4.69, 9.17) is 0 Å². The Kier molecular flexibility index (Phi) is 4.49. The van der Waals surface area contributed by atoms with Crippen LogP contribution in [0.4, 0.5) is 13.2 Å². The van der Waals surface area contributed by atoms with Crippen LogP contribution in [0, 0.1) is 6.92 Å². The first-order valence-corrected chi connectivity index (χ1v) is 7.08. The van der Waals surface area contributed by atoms with Crippen molar-refractivity contribution in [2.24, 2.45) is 0 Å². The molecule has 112 valence electrons. The van der Waals surface area contributed by atoms with Crippen molar-refractivity contribution in [3.05, 3.63) is 53.1 Å². The van der Waals surface area contributed by atoms with Gasteiger partial charge in [0.15, 0.2) is 0 Å². The maximum Gasteiger partial charge on any atom is 0.416 e. The smallest absolute Gasteiger partial charge is 0.387 e. The monoisotopic (exact) mass is 313 g/mol. The number of hydrogen-bond donors (Lipinski definition) is 1. The molecule has 0 fully saturated rings. The summed E-state index contributed by atoms with van der Waals surface area (Å²) in [6.07, 6.45) is -3.00. The Morgan fingerprint density at radius 1 is 1.33 bits per heavy atom. The number of benzene rings is 1. The Bertz CT molecular complexity index is 631. The molecule has 0 amide bonds. The van der Waals surface area contributed by atoms with Crippen molar-refractivity contribution in [3.8, 4) is 10.6 Å². The molecule has 0 radical (unpaired) electrons. The molecule has 0 aliphatic rings. The van der Waals surface area contributed by atoms with Crippen LogP contribution in [-0.4, -0.2) is 10.1 Å². The minimum atomic E-state index is -4.34. The fourth-order valence-electron chi connectivity index (χ4n) is 1.91. The van der Waals surface area contributed by atoms with Gasteiger partial charge in [0.2, 0.25) is 0 Å². The predicted molar refractivity (Wildman–Crippen MR) is 77.1 cm³/mol. The molecule has 1 aromatic heterocycles. The van der Waals surface area contributed by atoms with Crippen LogP contribution >= 0.6 is 11.3 Å². The van der Waals surface area contributed by atoms with Gasteiger partial charge in [-0.25, -0.2) is 4.98 Å². The van der Waals surface area contributed by atoms with E-state index in [2.05, 4.69) is 11.6 Å². The third-order valence-electron chi connectivity index (χ3n) is 2.98. The molecule has 0 saturated carbocycles. The van der Waals surface area contributed by atoms with Crippen LogP contribution in [-0.2, 0) is 6.18 Å². The minimum absolute atomic E-state index is 0.412. The zero-order valence-electron chi connectivity index (χ0n) is 11.3. The van der Waals surface area contributed by atoms with Crippen LogP contribution in [0.25, 0.3) is 10.6 Å². The molecule has 1 N–H and O–H groups in total. The number of halogens is 3. The van der Waals surface area contributed by atoms with Crippen molar-refractivity contribution >= 4 is 11.3 Å². The van der Waals surface area contributed by atoms with Gasteiger partial charge in [0, 0.05) is 5.56 Å². The molecule has 2 rings (SSSR count). The lowest BCUT2D eigenvalue weighted by Gasteiger charge is -2.06. The minimum Gasteiger partial charge on any atom is -0.387 e. The van der Waals surface area contributed by atoms with Crippen molar-refractivity contribution in [3.63, 3.8) is 0 Å². The van der Waals surface area contributed by atoms with E-state index in [0.29, 0.717) is 27.6 Å². The van der Waals surface area contributed by atoms with Crippen molar-refractivity contribution in [1.82, 2.24) is 4.98 Å². The molecule has 1 atom stereocenters. The molecule has 2 aromatic rings. The van der Waals surface area contributed by atoms with Gasteiger partial charge in [-0.2, -0.15) is 13.2 Å². The molecule has 1 aromatic carbocycles. The number of aromatic nitrogens is 1. The summed E-state index contributed by atoms with van der Waals surface area (Å²) in [6.45, 7) is 5.34. The molecule has 0 bridgehead atoms. The van der Waals surface area contributed by atoms with Crippen LogP contribution in [0.2, 0.25) is 0 Å². The van der Waals surface area contributed by atoms with Gasteiger partial charge in [-0.15, -0.1) is 17.9 Å². The average molecular weight is 313 g/mol. The Morgan fingerprint density at radius 3 is 2.48 bits per heavy atom. The summed E-state index contributed by atoms with van der Waals surface area (Å²) >= 11 is 1.28. The van der Waals surface area contributed by atoms with Gasteiger partial charge in [0.1, 0.15) is 5.01 Å². The molecule has 6 heteroatoms. The second kappa shape index (κ2) is 5.99. The summed E-state index contributed by atoms with van der Waals surface area (Å²) in [4.78, 5) is 5.03. The van der Waals surface area contributed by atoms with Crippen molar-refractivity contribution in [1.29, 1.82) is 0 Å². The standard InChI is InChI=1S/C15H14F3NOS/c1-3-4-12(20)13-9(2)19-14(21-13)10-5-7-11(8-6-10)15(16,17)18/h3,5-8,12,20H,1,4H2,2H3. The van der Waals surface area contributed by atoms with Crippen LogP contribution in [0.1, 0.15) is 28.7 Å². The highest BCUT2D eigenvalue weighted by Crippen LogP contribution is 2.35. The van der Waals surface area contributed by atoms with Gasteiger partial charge in [-0.05, 0) is 25.5 Å². The first kappa shape index (κ1) is 15.7. The maximum atomic E-state index is 12.5. The summed E-state index contributed by atoms with van der Waals surface area (Å²) in [5.41, 5.74) is 0.601. The van der Waals surface area contributed by atoms with Crippen LogP contribution in [0.3, 0.4) is 0 Å². The molecule has 2 nitrogen and oxygen atoms in total. The lowest BCUT2D eigenvalue weighted by atomic mass is 10.1. The van der Waals surface area contributed by atoms with E-state index in [0.717, 1.165) is 12.1 Å². The lowest BCUT2D eigenvalue weighted by molar-refractivity contribution is -0.137. The van der Waals surface area contributed by atoms with Crippen molar-refractivity contribution in [2.75, 3.05) is 0 Å². The molecule has 0 aliphatic carbocycles. The highest BCUT2D eigenvalue weighted by Gasteiger charge is 2.30. The summed E-state index contributed by atoms with van der Waals surface area (Å²) in [7, 11) is 0. The van der Waals surface area contributed by atoms with Crippen LogP contribution < -0.4 is 0 Å². The van der Waals surface area contributed by atoms with Gasteiger partial charge in [0.05, 0.1) is 22.2 Å². The molecular weight excluding hydrogens is 299 g/mol. The molecule has 0 saturated heterocycles. The molecular formula is C15H14F3NOS. The number of aryl methyl sites for hydroxylation is 1. The topological polar surface area (TPSA) is 33.1 Å². The molecule has 1 heterocycles. The zero-order valence-corrected chi connectivity index (χ0v) is 12.1. The Hall–Kier alpha value is -1.66. The number of rotatable bonds is 4. The summed E-state index contributed by atoms with van der Waals surface area (Å²) in [5, 5.41) is 10.6. The van der Waals surface area contributed by atoms with Crippen LogP contribution in [0.15, 0.2) is 36.9 Å². The number of aliphatic hydroxyl groups is 1. The third-order valence-corrected chi connectivity index (χ3v) is 4.29. The lowest BCUT2D eigenvalue weighted by Crippen LogP contribution is -2.03. The number of thiazole rings is 1. The van der Waals surface area contributed by atoms with Crippen molar-refractivity contribution < 1.29 is 18.3 Å². The first-order chi connectivity index (χ1) is 9.82. The van der Waals surface area contributed by atoms with Crippen molar-refractivity contribution in [2.45, 2.75) is 25.6 Å². The van der Waals surface area contributed by atoms with E-state index in [1.807, 2.05) is 0 Å². The fraction of sp³-hybridized carbons (Fsp3) is 0.267. The quantitative estimate of drug-likeness (QED) is 0.827. The highest BCUT2D eigenvalue weighted by molar-refractivity contribution is 7.15. The zero-order chi connectivity index (χ0) is 15.6. The molecule has 1 unspecified atom stereocenters. The van der Waals surface area contributed by atoms with Gasteiger partial charge in [-0.1, -0.05) is 18.2 Å². The maximum absolute atomic E-state index is 12.5. The van der Waals surface area contributed by atoms with E-state index in [1.54, 1.807) is 13.0 Å². The highest BCUT2D eigenvalue weighted by atomic mass is 32.1. The fourth-order valence-corrected chi connectivity index (χ4v) is 2.98. The summed E-state index contributed by atoms with van der Waals surface area (Å²) in [5.74, 6) is 0. The Balaban J connectivity index is 2.31. The van der Waals surface area contributed by atoms with Gasteiger partial charge in [-0.3, -0.25) is 0 Å². The van der Waals surface area contributed by atoms with E-state index < -0.39 is 17.8 Å². The van der Waals surface area contributed by atoms with Gasteiger partial charge >= 0.3 is 6.18 Å². The second-order valence-corrected chi connectivity index (χ2v) is 5.61. The average Bonchev–Trinajstić information content (AvgIpc) is 2.80. The third kappa shape index (κ3) is 3.51. The van der Waals surface area contributed by atoms with Gasteiger partial charge in [0.25, 0.3) is 0 Å². The Morgan fingerprint density at radius 2 is 1.95 bits per heavy atom. The van der Waals surface area contributed by atoms with E-state index in [1.165, 1.54) is 23.5 Å². The number of aliphatic hydroxyl groups excluding tert-OH is 1. The SMILES string of the molecule is C=CCC(O)c1sc(-c2ccc(C(F)(F)F)cc2)nc1C. The largest absolute Gasteiger partial charge is 0.416 e. The predicted octanol–water partition coefficient (Wildman–Crippen LogP) is 4.75. The summed E-state index contributed by atoms with van der Waals surface area (Å²) < 4.78 is 37.6. The van der Waals surface area contributed by atoms with Gasteiger partial charge < -0.3 is 5.11 Å².